The Hall–Kier alpha value is -1.03. The molecule has 0 bridgehead atoms. The molecule has 0 saturated carbocycles. The molecule has 2 aromatic rings. The minimum absolute atomic E-state index is 0. The molecule has 1 aromatic carbocycles. The van der Waals surface area contributed by atoms with Gasteiger partial charge in [0.1, 0.15) is 0 Å². The van der Waals surface area contributed by atoms with Crippen LogP contribution in [0.25, 0.3) is 5.69 Å². The molecule has 1 heterocycles. The van der Waals surface area contributed by atoms with Crippen LogP contribution >= 0.6 is 24.8 Å². The first-order valence-corrected chi connectivity index (χ1v) is 4.68. The standard InChI is InChI=1S/C11H13N3.2ClH/c12-6-5-10-3-1-2-4-11(10)14-8-7-13-9-14;;/h1-4,7-9H,5-6,12H2;2*1H. The molecule has 0 spiro atoms. The number of aromatic nitrogens is 2. The molecule has 2 rings (SSSR count). The fraction of sp³-hybridized carbons (Fsp3) is 0.182. The Labute approximate surface area is 108 Å². The molecular formula is C11H15Cl2N3. The summed E-state index contributed by atoms with van der Waals surface area (Å²) in [6.07, 6.45) is 6.41. The van der Waals surface area contributed by atoms with Gasteiger partial charge in [-0.25, -0.2) is 4.98 Å². The second-order valence-corrected chi connectivity index (χ2v) is 3.14. The summed E-state index contributed by atoms with van der Waals surface area (Å²) in [5.41, 5.74) is 7.98. The van der Waals surface area contributed by atoms with Crippen LogP contribution in [0.5, 0.6) is 0 Å². The lowest BCUT2D eigenvalue weighted by Gasteiger charge is -2.08. The second kappa shape index (κ2) is 7.28. The van der Waals surface area contributed by atoms with E-state index in [1.54, 1.807) is 12.5 Å². The highest BCUT2D eigenvalue weighted by atomic mass is 35.5. The SMILES string of the molecule is Cl.Cl.NCCc1ccccc1-n1ccnc1. The monoisotopic (exact) mass is 259 g/mol. The van der Waals surface area contributed by atoms with Gasteiger partial charge in [-0.3, -0.25) is 0 Å². The molecule has 0 fully saturated rings. The summed E-state index contributed by atoms with van der Waals surface area (Å²) in [6.45, 7) is 0.672. The Kier molecular flexibility index (Phi) is 6.81. The summed E-state index contributed by atoms with van der Waals surface area (Å²) < 4.78 is 2.00. The van der Waals surface area contributed by atoms with Gasteiger partial charge < -0.3 is 10.3 Å². The maximum absolute atomic E-state index is 5.56. The number of nitrogens with two attached hydrogens (primary N) is 1. The summed E-state index contributed by atoms with van der Waals surface area (Å²) in [7, 11) is 0. The molecule has 0 radical (unpaired) electrons. The van der Waals surface area contributed by atoms with Crippen molar-refractivity contribution in [3.8, 4) is 5.69 Å². The zero-order valence-corrected chi connectivity index (χ0v) is 10.4. The first-order chi connectivity index (χ1) is 6.92. The summed E-state index contributed by atoms with van der Waals surface area (Å²) in [5, 5.41) is 0. The van der Waals surface area contributed by atoms with Crippen molar-refractivity contribution in [2.75, 3.05) is 6.54 Å². The van der Waals surface area contributed by atoms with E-state index in [0.717, 1.165) is 12.1 Å². The Morgan fingerprint density at radius 2 is 1.94 bits per heavy atom. The summed E-state index contributed by atoms with van der Waals surface area (Å²) in [6, 6.07) is 8.23. The van der Waals surface area contributed by atoms with Crippen LogP contribution in [0.3, 0.4) is 0 Å². The van der Waals surface area contributed by atoms with E-state index in [4.69, 9.17) is 5.73 Å². The molecule has 1 aromatic heterocycles. The first-order valence-electron chi connectivity index (χ1n) is 4.68. The fourth-order valence-electron chi connectivity index (χ4n) is 1.53. The number of rotatable bonds is 3. The van der Waals surface area contributed by atoms with Crippen molar-refractivity contribution in [2.24, 2.45) is 5.73 Å². The van der Waals surface area contributed by atoms with E-state index in [0.29, 0.717) is 6.54 Å². The zero-order valence-electron chi connectivity index (χ0n) is 8.74. The van der Waals surface area contributed by atoms with E-state index in [1.165, 1.54) is 5.56 Å². The fourth-order valence-corrected chi connectivity index (χ4v) is 1.53. The molecule has 0 amide bonds. The van der Waals surface area contributed by atoms with Gasteiger partial charge in [0.2, 0.25) is 0 Å². The first kappa shape index (κ1) is 15.0. The van der Waals surface area contributed by atoms with E-state index in [1.807, 2.05) is 22.9 Å². The molecule has 3 nitrogen and oxygen atoms in total. The Morgan fingerprint density at radius 3 is 2.56 bits per heavy atom. The third kappa shape index (κ3) is 3.23. The molecule has 16 heavy (non-hydrogen) atoms. The minimum Gasteiger partial charge on any atom is -0.330 e. The van der Waals surface area contributed by atoms with Gasteiger partial charge in [-0.2, -0.15) is 0 Å². The summed E-state index contributed by atoms with van der Waals surface area (Å²) in [5.74, 6) is 0. The highest BCUT2D eigenvalue weighted by Gasteiger charge is 2.01. The van der Waals surface area contributed by atoms with E-state index in [-0.39, 0.29) is 24.8 Å². The van der Waals surface area contributed by atoms with Crippen LogP contribution in [0.1, 0.15) is 5.56 Å². The lowest BCUT2D eigenvalue weighted by atomic mass is 10.1. The number of benzene rings is 1. The average Bonchev–Trinajstić information content (AvgIpc) is 2.72. The van der Waals surface area contributed by atoms with Crippen LogP contribution in [-0.4, -0.2) is 16.1 Å². The summed E-state index contributed by atoms with van der Waals surface area (Å²) in [4.78, 5) is 4.03. The minimum atomic E-state index is 0. The van der Waals surface area contributed by atoms with Crippen molar-refractivity contribution in [3.05, 3.63) is 48.5 Å². The maximum atomic E-state index is 5.56. The third-order valence-corrected chi connectivity index (χ3v) is 2.19. The molecule has 0 aliphatic rings. The van der Waals surface area contributed by atoms with Crippen molar-refractivity contribution >= 4 is 24.8 Å². The largest absolute Gasteiger partial charge is 0.330 e. The van der Waals surface area contributed by atoms with Crippen molar-refractivity contribution in [3.63, 3.8) is 0 Å². The van der Waals surface area contributed by atoms with Gasteiger partial charge in [0.05, 0.1) is 6.33 Å². The number of imidazole rings is 1. The molecule has 0 aliphatic heterocycles. The normalized spacial score (nSPS) is 9.06. The Morgan fingerprint density at radius 1 is 1.19 bits per heavy atom. The van der Waals surface area contributed by atoms with Gasteiger partial charge in [0, 0.05) is 18.1 Å². The third-order valence-electron chi connectivity index (χ3n) is 2.19. The predicted octanol–water partition coefficient (Wildman–Crippen LogP) is 2.22. The van der Waals surface area contributed by atoms with Crippen molar-refractivity contribution < 1.29 is 0 Å². The zero-order chi connectivity index (χ0) is 9.80. The number of para-hydroxylation sites is 1. The van der Waals surface area contributed by atoms with Gasteiger partial charge in [0.15, 0.2) is 0 Å². The summed E-state index contributed by atoms with van der Waals surface area (Å²) >= 11 is 0. The number of hydrogen-bond acceptors (Lipinski definition) is 2. The average molecular weight is 260 g/mol. The molecule has 88 valence electrons. The topological polar surface area (TPSA) is 43.8 Å². The van der Waals surface area contributed by atoms with E-state index in [9.17, 15) is 0 Å². The molecule has 0 unspecified atom stereocenters. The van der Waals surface area contributed by atoms with Crippen molar-refractivity contribution in [2.45, 2.75) is 6.42 Å². The molecule has 0 saturated heterocycles. The van der Waals surface area contributed by atoms with Crippen LogP contribution in [0.4, 0.5) is 0 Å². The number of halogens is 2. The quantitative estimate of drug-likeness (QED) is 0.919. The molecule has 0 aliphatic carbocycles. The van der Waals surface area contributed by atoms with Gasteiger partial charge >= 0.3 is 0 Å². The van der Waals surface area contributed by atoms with Gasteiger partial charge in [-0.1, -0.05) is 18.2 Å². The van der Waals surface area contributed by atoms with E-state index in [2.05, 4.69) is 17.1 Å². The van der Waals surface area contributed by atoms with Crippen molar-refractivity contribution in [1.82, 2.24) is 9.55 Å². The van der Waals surface area contributed by atoms with Crippen LogP contribution in [0.2, 0.25) is 0 Å². The lowest BCUT2D eigenvalue weighted by Crippen LogP contribution is -2.05. The highest BCUT2D eigenvalue weighted by Crippen LogP contribution is 2.13. The lowest BCUT2D eigenvalue weighted by molar-refractivity contribution is 0.934. The van der Waals surface area contributed by atoms with Gasteiger partial charge in [0.25, 0.3) is 0 Å². The predicted molar refractivity (Wildman–Crippen MR) is 70.8 cm³/mol. The molecular weight excluding hydrogens is 245 g/mol. The van der Waals surface area contributed by atoms with Gasteiger partial charge in [-0.05, 0) is 24.6 Å². The number of nitrogens with zero attached hydrogens (tertiary/aromatic N) is 2. The Balaban J connectivity index is 0.00000112. The molecule has 0 atom stereocenters. The van der Waals surface area contributed by atoms with E-state index < -0.39 is 0 Å². The Bertz CT molecular complexity index is 401. The van der Waals surface area contributed by atoms with Crippen LogP contribution < -0.4 is 5.73 Å². The van der Waals surface area contributed by atoms with Crippen LogP contribution in [0.15, 0.2) is 43.0 Å². The van der Waals surface area contributed by atoms with Crippen LogP contribution in [0, 0.1) is 0 Å². The maximum Gasteiger partial charge on any atom is 0.0991 e. The molecule has 5 heteroatoms. The van der Waals surface area contributed by atoms with Gasteiger partial charge in [-0.15, -0.1) is 24.8 Å². The smallest absolute Gasteiger partial charge is 0.0991 e. The second-order valence-electron chi connectivity index (χ2n) is 3.14. The highest BCUT2D eigenvalue weighted by molar-refractivity contribution is 5.85. The molecule has 2 N–H and O–H groups in total. The van der Waals surface area contributed by atoms with E-state index >= 15 is 0 Å². The van der Waals surface area contributed by atoms with Crippen LogP contribution in [-0.2, 0) is 6.42 Å². The van der Waals surface area contributed by atoms with Crippen molar-refractivity contribution in [1.29, 1.82) is 0 Å². The number of hydrogen-bond donors (Lipinski definition) is 1.